The lowest BCUT2D eigenvalue weighted by atomic mass is 9.78. The highest BCUT2D eigenvalue weighted by atomic mass is 16.7. The van der Waals surface area contributed by atoms with E-state index in [1.165, 1.54) is 32.7 Å². The van der Waals surface area contributed by atoms with Crippen LogP contribution in [0, 0.1) is 17.8 Å². The van der Waals surface area contributed by atoms with Crippen molar-refractivity contribution in [3.8, 4) is 0 Å². The molecule has 0 radical (unpaired) electrons. The minimum atomic E-state index is -2.39. The van der Waals surface area contributed by atoms with E-state index in [-0.39, 0.29) is 30.3 Å². The highest BCUT2D eigenvalue weighted by molar-refractivity contribution is 6.00. The Labute approximate surface area is 324 Å². The molecule has 0 aromatic carbocycles. The minimum absolute atomic E-state index is 0.0239. The average molecular weight is 780 g/mol. The SMILES string of the molecule is CC[C@H]1OC(=O)[C@H](C)C(=O)[C@H](C)[C@@H](O[C@@H]2O[C@H](CNC3CCC3)CC(N(C)C)C2O)[C@](C)(OC)C[C@@H](C)CN[C@H](C)[C@@H](NC=O)[C@@]1(O)n1ccc(N)nc1=O. The number of rotatable bonds is 11. The highest BCUT2D eigenvalue weighted by Crippen LogP contribution is 2.37. The van der Waals surface area contributed by atoms with Gasteiger partial charge in [0.2, 0.25) is 12.1 Å². The molecular formula is C38H65N7O10. The predicted molar refractivity (Wildman–Crippen MR) is 204 cm³/mol. The summed E-state index contributed by atoms with van der Waals surface area (Å²) in [5, 5.41) is 33.8. The van der Waals surface area contributed by atoms with E-state index in [4.69, 9.17) is 24.7 Å². The summed E-state index contributed by atoms with van der Waals surface area (Å²) in [6.45, 7) is 11.1. The number of Topliss-reactive ketones (excluding diaryl/α,β-unsaturated/α-hetero) is 1. The number of hydrogen-bond donors (Lipinski definition) is 6. The Hall–Kier alpha value is -3.03. The van der Waals surface area contributed by atoms with Crippen molar-refractivity contribution in [2.45, 2.75) is 146 Å². The minimum Gasteiger partial charge on any atom is -0.457 e. The number of ether oxygens (including phenoxy) is 4. The Bertz CT molecular complexity index is 1510. The molecule has 2 unspecified atom stereocenters. The molecule has 13 atom stereocenters. The molecule has 1 amide bonds. The van der Waals surface area contributed by atoms with Crippen molar-refractivity contribution < 1.29 is 43.5 Å². The number of amides is 1. The monoisotopic (exact) mass is 779 g/mol. The van der Waals surface area contributed by atoms with Crippen molar-refractivity contribution in [2.75, 3.05) is 40.0 Å². The van der Waals surface area contributed by atoms with Crippen molar-refractivity contribution in [1.82, 2.24) is 30.4 Å². The van der Waals surface area contributed by atoms with Gasteiger partial charge in [-0.05, 0) is 85.5 Å². The van der Waals surface area contributed by atoms with Crippen molar-refractivity contribution in [3.05, 3.63) is 22.7 Å². The Morgan fingerprint density at radius 1 is 1.20 bits per heavy atom. The van der Waals surface area contributed by atoms with Gasteiger partial charge >= 0.3 is 11.7 Å². The van der Waals surface area contributed by atoms with Crippen LogP contribution < -0.4 is 27.4 Å². The number of aromatic nitrogens is 2. The van der Waals surface area contributed by atoms with E-state index in [0.717, 1.165) is 17.4 Å². The molecule has 3 heterocycles. The third-order valence-electron chi connectivity index (χ3n) is 12.0. The molecule has 4 rings (SSSR count). The summed E-state index contributed by atoms with van der Waals surface area (Å²) in [7, 11) is 5.32. The summed E-state index contributed by atoms with van der Waals surface area (Å²) in [4.78, 5) is 59.5. The summed E-state index contributed by atoms with van der Waals surface area (Å²) in [5.74, 6) is -4.11. The smallest absolute Gasteiger partial charge is 0.352 e. The van der Waals surface area contributed by atoms with Gasteiger partial charge in [0.1, 0.15) is 17.8 Å². The number of carbonyl (C=O) groups excluding carboxylic acids is 3. The molecule has 1 aromatic rings. The second-order valence-corrected chi connectivity index (χ2v) is 16.3. The average Bonchev–Trinajstić information content (AvgIpc) is 3.12. The number of nitrogens with two attached hydrogens (primary N) is 1. The van der Waals surface area contributed by atoms with Crippen LogP contribution in [0.5, 0.6) is 0 Å². The largest absolute Gasteiger partial charge is 0.457 e. The number of likely N-dealkylation sites (N-methyl/N-ethyl adjacent to an activating group) is 1. The van der Waals surface area contributed by atoms with Crippen LogP contribution in [-0.2, 0) is 39.1 Å². The molecule has 7 N–H and O–H groups in total. The molecular weight excluding hydrogens is 714 g/mol. The second kappa shape index (κ2) is 18.9. The van der Waals surface area contributed by atoms with E-state index < -0.39 is 77.3 Å². The van der Waals surface area contributed by atoms with Gasteiger partial charge < -0.3 is 55.7 Å². The van der Waals surface area contributed by atoms with Gasteiger partial charge in [-0.25, -0.2) is 4.79 Å². The van der Waals surface area contributed by atoms with E-state index in [9.17, 15) is 29.4 Å². The molecule has 2 aliphatic heterocycles. The van der Waals surface area contributed by atoms with Crippen molar-refractivity contribution >= 4 is 24.0 Å². The van der Waals surface area contributed by atoms with E-state index in [1.807, 2.05) is 32.8 Å². The maximum Gasteiger partial charge on any atom is 0.352 e. The normalized spacial score (nSPS) is 38.7. The first-order valence-electron chi connectivity index (χ1n) is 19.6. The summed E-state index contributed by atoms with van der Waals surface area (Å²) >= 11 is 0. The van der Waals surface area contributed by atoms with Crippen LogP contribution in [0.4, 0.5) is 5.82 Å². The van der Waals surface area contributed by atoms with Crippen LogP contribution in [0.1, 0.15) is 80.1 Å². The number of anilines is 1. The van der Waals surface area contributed by atoms with Crippen LogP contribution in [0.15, 0.2) is 17.1 Å². The molecule has 1 saturated carbocycles. The number of nitrogen functional groups attached to an aromatic ring is 1. The van der Waals surface area contributed by atoms with Gasteiger partial charge in [-0.2, -0.15) is 4.98 Å². The quantitative estimate of drug-likeness (QED) is 0.0995. The van der Waals surface area contributed by atoms with Gasteiger partial charge in [0.25, 0.3) is 0 Å². The summed E-state index contributed by atoms with van der Waals surface area (Å²) < 4.78 is 26.2. The van der Waals surface area contributed by atoms with E-state index >= 15 is 0 Å². The molecule has 0 spiro atoms. The van der Waals surface area contributed by atoms with Gasteiger partial charge in [0.05, 0.1) is 23.9 Å². The maximum absolute atomic E-state index is 14.4. The van der Waals surface area contributed by atoms with Gasteiger partial charge in [-0.15, -0.1) is 0 Å². The van der Waals surface area contributed by atoms with Gasteiger partial charge in [-0.1, -0.05) is 27.2 Å². The number of aliphatic hydroxyl groups excluding tert-OH is 1. The molecule has 1 aromatic heterocycles. The third kappa shape index (κ3) is 9.93. The van der Waals surface area contributed by atoms with Crippen LogP contribution in [0.2, 0.25) is 0 Å². The van der Waals surface area contributed by atoms with Gasteiger partial charge in [-0.3, -0.25) is 19.0 Å². The number of carbonyl (C=O) groups is 3. The van der Waals surface area contributed by atoms with Gasteiger partial charge in [0, 0.05) is 43.9 Å². The Morgan fingerprint density at radius 3 is 2.45 bits per heavy atom. The fraction of sp³-hybridized carbons (Fsp3) is 0.816. The number of esters is 1. The molecule has 312 valence electrons. The van der Waals surface area contributed by atoms with E-state index in [1.54, 1.807) is 20.8 Å². The van der Waals surface area contributed by atoms with E-state index in [2.05, 4.69) is 20.9 Å². The van der Waals surface area contributed by atoms with Crippen LogP contribution >= 0.6 is 0 Å². The number of aliphatic hydroxyl groups is 2. The zero-order valence-corrected chi connectivity index (χ0v) is 33.9. The lowest BCUT2D eigenvalue weighted by Gasteiger charge is -2.47. The van der Waals surface area contributed by atoms with Crippen molar-refractivity contribution in [1.29, 1.82) is 0 Å². The molecule has 3 aliphatic rings. The fourth-order valence-corrected chi connectivity index (χ4v) is 8.38. The summed E-state index contributed by atoms with van der Waals surface area (Å²) in [6, 6.07) is -0.532. The molecule has 55 heavy (non-hydrogen) atoms. The highest BCUT2D eigenvalue weighted by Gasteiger charge is 2.53. The van der Waals surface area contributed by atoms with Gasteiger partial charge in [0.15, 0.2) is 18.2 Å². The molecule has 17 heteroatoms. The lowest BCUT2D eigenvalue weighted by molar-refractivity contribution is -0.297. The second-order valence-electron chi connectivity index (χ2n) is 16.3. The number of methoxy groups -OCH3 is 1. The molecule has 17 nitrogen and oxygen atoms in total. The zero-order chi connectivity index (χ0) is 40.8. The molecule has 0 bridgehead atoms. The third-order valence-corrected chi connectivity index (χ3v) is 12.0. The lowest BCUT2D eigenvalue weighted by Crippen LogP contribution is -2.68. The van der Waals surface area contributed by atoms with E-state index in [0.29, 0.717) is 38.4 Å². The van der Waals surface area contributed by atoms with Crippen molar-refractivity contribution in [2.24, 2.45) is 17.8 Å². The number of nitrogens with one attached hydrogen (secondary N) is 3. The maximum atomic E-state index is 14.4. The van der Waals surface area contributed by atoms with Crippen LogP contribution in [0.3, 0.4) is 0 Å². The summed E-state index contributed by atoms with van der Waals surface area (Å²) in [5.41, 5.74) is 1.30. The number of cyclic esters (lactones) is 1. The Kier molecular flexibility index (Phi) is 15.4. The predicted octanol–water partition coefficient (Wildman–Crippen LogP) is 0.105. The van der Waals surface area contributed by atoms with Crippen LogP contribution in [0.25, 0.3) is 0 Å². The van der Waals surface area contributed by atoms with Crippen molar-refractivity contribution in [3.63, 3.8) is 0 Å². The molecule has 1 aliphatic carbocycles. The number of ketones is 1. The Balaban J connectivity index is 1.75. The standard InChI is InChI=1S/C38H65N7O10/c1-10-28-38(51,45-15-14-29(39)43-36(45)50)32(42-20-46)24(5)40-18-21(2)17-37(6,52-9)33(22(3)30(47)23(4)34(49)54-28)55-35-31(48)27(44(7)8)16-26(53-35)19-41-25-12-11-13-25/h14-15,20-28,31-33,35,40-41,48,51H,10-13,16-19H2,1-9H3,(H,42,46)(H2,39,43,50)/t21-,22+,23-,24-,26+,27?,28-,31?,32-,33-,35+,37-,38-/m1/s1. The first-order valence-corrected chi connectivity index (χ1v) is 19.6. The molecule has 3 fully saturated rings. The fourth-order valence-electron chi connectivity index (χ4n) is 8.38. The first-order chi connectivity index (χ1) is 25.9. The Morgan fingerprint density at radius 2 is 1.89 bits per heavy atom. The topological polar surface area (TPSA) is 229 Å². The van der Waals surface area contributed by atoms with Crippen LogP contribution in [-0.4, -0.2) is 138 Å². The first kappa shape index (κ1) is 44.7. The summed E-state index contributed by atoms with van der Waals surface area (Å²) in [6.07, 6.45) is 0.993. The number of nitrogens with zero attached hydrogens (tertiary/aromatic N) is 3. The number of hydrogen-bond acceptors (Lipinski definition) is 15. The zero-order valence-electron chi connectivity index (χ0n) is 33.9. The molecule has 2 saturated heterocycles.